The van der Waals surface area contributed by atoms with Crippen LogP contribution in [-0.4, -0.2) is 129 Å². The molecule has 3 atom stereocenters. The van der Waals surface area contributed by atoms with Crippen molar-refractivity contribution in [3.63, 3.8) is 0 Å². The molecule has 1 saturated carbocycles. The molecular weight excluding hydrogens is 769 g/mol. The zero-order chi connectivity index (χ0) is 42.5. The van der Waals surface area contributed by atoms with Crippen molar-refractivity contribution in [3.8, 4) is 0 Å². The van der Waals surface area contributed by atoms with Crippen LogP contribution in [0.2, 0.25) is 0 Å². The predicted molar refractivity (Wildman–Crippen MR) is 230 cm³/mol. The minimum absolute atomic E-state index is 0.00460. The van der Waals surface area contributed by atoms with E-state index >= 15 is 0 Å². The minimum Gasteiger partial charge on any atom is -0.466 e. The third-order valence-corrected chi connectivity index (χ3v) is 11.1. The summed E-state index contributed by atoms with van der Waals surface area (Å²) < 4.78 is 12.1. The predicted octanol–water partition coefficient (Wildman–Crippen LogP) is 2.82. The molecule has 0 radical (unpaired) electrons. The smallest absolute Gasteiger partial charge is 0.305 e. The molecule has 3 heterocycles. The molecular formula is C42H68N12O6. The molecule has 5 rings (SSSR count). The number of likely N-dealkylation sites (tertiary alicyclic amines) is 1. The Morgan fingerprint density at radius 3 is 2.50 bits per heavy atom. The number of esters is 1. The zero-order valence-electron chi connectivity index (χ0n) is 35.6. The number of carbonyl (C=O) groups is 3. The van der Waals surface area contributed by atoms with Crippen LogP contribution in [0.1, 0.15) is 103 Å². The van der Waals surface area contributed by atoms with Gasteiger partial charge in [-0.25, -0.2) is 4.98 Å². The lowest BCUT2D eigenvalue weighted by molar-refractivity contribution is -0.147. The standard InChI is InChI=1S/C42H68N12O6/c1-3-59-38(56)19-17-36(41(58)60-4-2)48-40(57)34(43)16-18-37(55)53-26-20-31(21-27-53)47-39-33-14-8-9-15-35(33)49-42(50-39)46-28-32-29-54(52-51-32)25-11-23-44-22-10-24-45-30-12-6-5-7-13-30/h8-9,14-15,29-31,34,36,41,44-45,58H,3-7,10-13,16-28,43H2,1-2H3,(H,48,57)(H2,46,47,49,50)/t34-,36?,41?/m0/s1. The lowest BCUT2D eigenvalue weighted by Gasteiger charge is -2.33. The number of aliphatic hydroxyl groups is 1. The number of nitrogens with zero attached hydrogens (tertiary/aromatic N) is 6. The van der Waals surface area contributed by atoms with Gasteiger partial charge in [-0.3, -0.25) is 19.1 Å². The molecule has 1 aliphatic heterocycles. The van der Waals surface area contributed by atoms with E-state index in [1.54, 1.807) is 18.7 Å². The number of rotatable bonds is 26. The second-order valence-electron chi connectivity index (χ2n) is 15.7. The Hall–Kier alpha value is -4.49. The summed E-state index contributed by atoms with van der Waals surface area (Å²) in [4.78, 5) is 49.3. The van der Waals surface area contributed by atoms with Crippen molar-refractivity contribution in [2.45, 2.75) is 141 Å². The van der Waals surface area contributed by atoms with Crippen LogP contribution in [-0.2, 0) is 36.9 Å². The highest BCUT2D eigenvalue weighted by molar-refractivity contribution is 5.90. The van der Waals surface area contributed by atoms with Crippen LogP contribution in [0.5, 0.6) is 0 Å². The number of para-hydroxylation sites is 1. The molecule has 3 aromatic rings. The Kier molecular flexibility index (Phi) is 19.7. The fraction of sp³-hybridized carbons (Fsp3) is 0.690. The number of piperidine rings is 1. The van der Waals surface area contributed by atoms with Crippen molar-refractivity contribution in [1.82, 2.24) is 45.8 Å². The Bertz CT molecular complexity index is 1750. The van der Waals surface area contributed by atoms with Crippen LogP contribution in [0.15, 0.2) is 30.5 Å². The second kappa shape index (κ2) is 25.3. The lowest BCUT2D eigenvalue weighted by Crippen LogP contribution is -2.51. The summed E-state index contributed by atoms with van der Waals surface area (Å²) in [5.74, 6) is 0.162. The summed E-state index contributed by atoms with van der Waals surface area (Å²) in [6.45, 7) is 9.22. The topological polar surface area (TPSA) is 236 Å². The summed E-state index contributed by atoms with van der Waals surface area (Å²) in [5.41, 5.74) is 7.77. The van der Waals surface area contributed by atoms with Crippen LogP contribution >= 0.6 is 0 Å². The van der Waals surface area contributed by atoms with Crippen molar-refractivity contribution in [1.29, 1.82) is 0 Å². The van der Waals surface area contributed by atoms with Crippen LogP contribution in [0, 0.1) is 0 Å². The molecule has 1 aliphatic carbocycles. The van der Waals surface area contributed by atoms with Gasteiger partial charge in [0.1, 0.15) is 11.5 Å². The number of amides is 2. The van der Waals surface area contributed by atoms with Gasteiger partial charge < -0.3 is 51.8 Å². The summed E-state index contributed by atoms with van der Waals surface area (Å²) in [6, 6.07) is 6.84. The van der Waals surface area contributed by atoms with E-state index in [0.717, 1.165) is 61.4 Å². The fourth-order valence-electron chi connectivity index (χ4n) is 7.69. The Morgan fingerprint density at radius 2 is 1.72 bits per heavy atom. The molecule has 8 N–H and O–H groups in total. The number of anilines is 2. The third kappa shape index (κ3) is 15.5. The highest BCUT2D eigenvalue weighted by Gasteiger charge is 2.28. The first-order valence-electron chi connectivity index (χ1n) is 22.1. The van der Waals surface area contributed by atoms with Gasteiger partial charge in [-0.05, 0) is 97.0 Å². The van der Waals surface area contributed by atoms with Crippen LogP contribution in [0.25, 0.3) is 10.9 Å². The van der Waals surface area contributed by atoms with Gasteiger partial charge in [-0.2, -0.15) is 4.98 Å². The number of nitrogens with two attached hydrogens (primary N) is 1. The number of carbonyl (C=O) groups excluding carboxylic acids is 3. The molecule has 2 fully saturated rings. The Balaban J connectivity index is 1.02. The van der Waals surface area contributed by atoms with Gasteiger partial charge in [0.15, 0.2) is 6.29 Å². The Labute approximate surface area is 353 Å². The Morgan fingerprint density at radius 1 is 0.933 bits per heavy atom. The number of benzene rings is 1. The molecule has 18 nitrogen and oxygen atoms in total. The summed E-state index contributed by atoms with van der Waals surface area (Å²) in [7, 11) is 0. The first-order valence-corrected chi connectivity index (χ1v) is 22.1. The number of nitrogens with one attached hydrogen (secondary N) is 5. The van der Waals surface area contributed by atoms with E-state index in [9.17, 15) is 19.5 Å². The average Bonchev–Trinajstić information content (AvgIpc) is 3.72. The molecule has 2 unspecified atom stereocenters. The third-order valence-electron chi connectivity index (χ3n) is 11.1. The average molecular weight is 837 g/mol. The van der Waals surface area contributed by atoms with E-state index in [2.05, 4.69) is 36.9 Å². The SMILES string of the molecule is CCOC(=O)CCC(NC(=O)[C@@H](N)CCC(=O)N1CCC(Nc2nc(NCc3cn(CCCNCCCNC4CCCCC4)nn3)nc3ccccc23)CC1)C(O)OCC. The molecule has 60 heavy (non-hydrogen) atoms. The fourth-order valence-corrected chi connectivity index (χ4v) is 7.69. The quantitative estimate of drug-likeness (QED) is 0.0350. The summed E-state index contributed by atoms with van der Waals surface area (Å²) >= 11 is 0. The number of hydrogen-bond acceptors (Lipinski definition) is 15. The van der Waals surface area contributed by atoms with E-state index in [1.165, 1.54) is 32.1 Å². The van der Waals surface area contributed by atoms with Gasteiger partial charge in [-0.1, -0.05) is 36.6 Å². The van der Waals surface area contributed by atoms with Gasteiger partial charge in [0, 0.05) is 56.6 Å². The highest BCUT2D eigenvalue weighted by atomic mass is 16.6. The molecule has 1 aromatic carbocycles. The molecule has 0 spiro atoms. The number of aryl methyl sites for hydroxylation is 1. The summed E-state index contributed by atoms with van der Waals surface area (Å²) in [5, 5.41) is 36.8. The molecule has 1 saturated heterocycles. The van der Waals surface area contributed by atoms with Crippen molar-refractivity contribution >= 4 is 40.5 Å². The molecule has 2 aliphatic rings. The number of fused-ring (bicyclic) bond motifs is 1. The van der Waals surface area contributed by atoms with Gasteiger partial charge in [0.05, 0.1) is 36.9 Å². The van der Waals surface area contributed by atoms with Crippen LogP contribution in [0.4, 0.5) is 11.8 Å². The molecule has 0 bridgehead atoms. The number of aliphatic hydroxyl groups excluding tert-OH is 1. The maximum absolute atomic E-state index is 13.2. The van der Waals surface area contributed by atoms with Crippen molar-refractivity contribution in [2.24, 2.45) is 5.73 Å². The van der Waals surface area contributed by atoms with E-state index in [4.69, 9.17) is 25.2 Å². The second-order valence-corrected chi connectivity index (χ2v) is 15.7. The van der Waals surface area contributed by atoms with Crippen LogP contribution in [0.3, 0.4) is 0 Å². The number of aromatic nitrogens is 5. The maximum Gasteiger partial charge on any atom is 0.305 e. The minimum atomic E-state index is -1.32. The van der Waals surface area contributed by atoms with Gasteiger partial charge in [0.2, 0.25) is 17.8 Å². The van der Waals surface area contributed by atoms with E-state index in [0.29, 0.717) is 44.5 Å². The normalized spacial score (nSPS) is 16.6. The van der Waals surface area contributed by atoms with Gasteiger partial charge in [0.25, 0.3) is 0 Å². The van der Waals surface area contributed by atoms with Crippen molar-refractivity contribution in [2.75, 3.05) is 56.6 Å². The van der Waals surface area contributed by atoms with Gasteiger partial charge >= 0.3 is 5.97 Å². The zero-order valence-corrected chi connectivity index (χ0v) is 35.6. The maximum atomic E-state index is 13.2. The van der Waals surface area contributed by atoms with Crippen LogP contribution < -0.4 is 32.3 Å². The summed E-state index contributed by atoms with van der Waals surface area (Å²) in [6.07, 6.45) is 11.3. The highest BCUT2D eigenvalue weighted by Crippen LogP contribution is 2.25. The molecule has 18 heteroatoms. The molecule has 332 valence electrons. The largest absolute Gasteiger partial charge is 0.466 e. The van der Waals surface area contributed by atoms with Gasteiger partial charge in [-0.15, -0.1) is 5.10 Å². The molecule has 2 amide bonds. The monoisotopic (exact) mass is 837 g/mol. The van der Waals surface area contributed by atoms with E-state index < -0.39 is 30.3 Å². The first kappa shape index (κ1) is 46.6. The number of hydrogen-bond donors (Lipinski definition) is 7. The van der Waals surface area contributed by atoms with E-state index in [1.807, 2.05) is 35.1 Å². The van der Waals surface area contributed by atoms with E-state index in [-0.39, 0.29) is 50.8 Å². The van der Waals surface area contributed by atoms with Crippen molar-refractivity contribution < 1.29 is 29.0 Å². The molecule has 2 aromatic heterocycles. The first-order chi connectivity index (χ1) is 29.2. The number of ether oxygens (including phenoxy) is 2. The van der Waals surface area contributed by atoms with Crippen molar-refractivity contribution in [3.05, 3.63) is 36.2 Å². The lowest BCUT2D eigenvalue weighted by atomic mass is 9.95.